The van der Waals surface area contributed by atoms with Crippen LogP contribution >= 0.6 is 12.4 Å². The summed E-state index contributed by atoms with van der Waals surface area (Å²) in [5, 5.41) is 0. The lowest BCUT2D eigenvalue weighted by Crippen LogP contribution is -2.18. The van der Waals surface area contributed by atoms with Crippen LogP contribution in [0.3, 0.4) is 0 Å². The first-order valence-corrected chi connectivity index (χ1v) is 5.53. The van der Waals surface area contributed by atoms with E-state index in [0.29, 0.717) is 6.61 Å². The Morgan fingerprint density at radius 3 is 2.12 bits per heavy atom. The molecule has 1 unspecified atom stereocenters. The zero-order valence-electron chi connectivity index (χ0n) is 10.5. The molecule has 2 nitrogen and oxygen atoms in total. The molecular weight excluding hydrogens is 222 g/mol. The molecule has 0 aromatic heterocycles. The van der Waals surface area contributed by atoms with E-state index < -0.39 is 0 Å². The highest BCUT2D eigenvalue weighted by atomic mass is 35.5. The lowest BCUT2D eigenvalue weighted by molar-refractivity contribution is 0.335. The van der Waals surface area contributed by atoms with Gasteiger partial charge in [-0.15, -0.1) is 12.4 Å². The molecule has 1 atom stereocenters. The van der Waals surface area contributed by atoms with Crippen LogP contribution in [-0.4, -0.2) is 12.6 Å². The minimum absolute atomic E-state index is 0. The molecule has 92 valence electrons. The second-order valence-electron chi connectivity index (χ2n) is 4.17. The Morgan fingerprint density at radius 2 is 1.75 bits per heavy atom. The Morgan fingerprint density at radius 1 is 1.25 bits per heavy atom. The number of aryl methyl sites for hydroxylation is 2. The Bertz CT molecular complexity index is 314. The molecule has 3 heteroatoms. The van der Waals surface area contributed by atoms with Crippen LogP contribution in [0.4, 0.5) is 0 Å². The molecule has 0 amide bonds. The summed E-state index contributed by atoms with van der Waals surface area (Å²) in [6.45, 7) is 8.93. The van der Waals surface area contributed by atoms with Crippen LogP contribution in [0.15, 0.2) is 12.1 Å². The van der Waals surface area contributed by atoms with Crippen LogP contribution in [0.2, 0.25) is 0 Å². The largest absolute Gasteiger partial charge is 0.493 e. The molecule has 0 aliphatic rings. The van der Waals surface area contributed by atoms with E-state index in [1.54, 1.807) is 0 Å². The molecule has 0 aliphatic carbocycles. The molecule has 16 heavy (non-hydrogen) atoms. The zero-order valence-corrected chi connectivity index (χ0v) is 11.4. The van der Waals surface area contributed by atoms with E-state index in [0.717, 1.165) is 12.2 Å². The highest BCUT2D eigenvalue weighted by Crippen LogP contribution is 2.25. The quantitative estimate of drug-likeness (QED) is 0.883. The van der Waals surface area contributed by atoms with Crippen LogP contribution in [-0.2, 0) is 6.42 Å². The van der Waals surface area contributed by atoms with Gasteiger partial charge in [-0.25, -0.2) is 0 Å². The molecule has 0 bridgehead atoms. The van der Waals surface area contributed by atoms with Crippen molar-refractivity contribution in [3.05, 3.63) is 28.8 Å². The summed E-state index contributed by atoms with van der Waals surface area (Å²) >= 11 is 0. The third kappa shape index (κ3) is 4.03. The summed E-state index contributed by atoms with van der Waals surface area (Å²) in [5.74, 6) is 1.02. The van der Waals surface area contributed by atoms with Gasteiger partial charge in [-0.2, -0.15) is 0 Å². The lowest BCUT2D eigenvalue weighted by atomic mass is 10.0. The summed E-state index contributed by atoms with van der Waals surface area (Å²) in [6.07, 6.45) is 0.925. The average molecular weight is 244 g/mol. The predicted octanol–water partition coefficient (Wildman–Crippen LogP) is 3.01. The molecule has 0 heterocycles. The summed E-state index contributed by atoms with van der Waals surface area (Å²) in [7, 11) is 0. The number of hydrogen-bond donors (Lipinski definition) is 1. The Balaban J connectivity index is 0.00000225. The Hall–Kier alpha value is -0.730. The minimum atomic E-state index is 0. The number of benzene rings is 1. The van der Waals surface area contributed by atoms with Crippen molar-refractivity contribution < 1.29 is 4.74 Å². The Labute approximate surface area is 105 Å². The van der Waals surface area contributed by atoms with E-state index in [9.17, 15) is 0 Å². The third-order valence-electron chi connectivity index (χ3n) is 2.37. The number of hydrogen-bond acceptors (Lipinski definition) is 2. The maximum atomic E-state index is 5.79. The van der Waals surface area contributed by atoms with Gasteiger partial charge < -0.3 is 10.5 Å². The van der Waals surface area contributed by atoms with E-state index in [2.05, 4.69) is 26.0 Å². The third-order valence-corrected chi connectivity index (χ3v) is 2.37. The van der Waals surface area contributed by atoms with Gasteiger partial charge >= 0.3 is 0 Å². The van der Waals surface area contributed by atoms with Crippen molar-refractivity contribution in [2.24, 2.45) is 5.73 Å². The minimum Gasteiger partial charge on any atom is -0.493 e. The van der Waals surface area contributed by atoms with Crippen LogP contribution in [0, 0.1) is 13.8 Å². The van der Waals surface area contributed by atoms with Crippen LogP contribution in [0.5, 0.6) is 5.75 Å². The molecule has 0 saturated heterocycles. The highest BCUT2D eigenvalue weighted by molar-refractivity contribution is 5.85. The monoisotopic (exact) mass is 243 g/mol. The fourth-order valence-corrected chi connectivity index (χ4v) is 1.90. The number of nitrogens with two attached hydrogens (primary N) is 1. The molecule has 1 aromatic rings. The Kier molecular flexibility index (Phi) is 6.46. The number of halogens is 1. The maximum Gasteiger partial charge on any atom is 0.125 e. The summed E-state index contributed by atoms with van der Waals surface area (Å²) in [4.78, 5) is 0. The maximum absolute atomic E-state index is 5.79. The van der Waals surface area contributed by atoms with E-state index in [4.69, 9.17) is 10.5 Å². The van der Waals surface area contributed by atoms with Gasteiger partial charge in [0.2, 0.25) is 0 Å². The first-order valence-electron chi connectivity index (χ1n) is 5.53. The molecule has 0 radical (unpaired) electrons. The van der Waals surface area contributed by atoms with Gasteiger partial charge in [-0.1, -0.05) is 12.1 Å². The van der Waals surface area contributed by atoms with Crippen LogP contribution < -0.4 is 10.5 Å². The van der Waals surface area contributed by atoms with Gasteiger partial charge in [0.1, 0.15) is 5.75 Å². The van der Waals surface area contributed by atoms with Crippen LogP contribution in [0.25, 0.3) is 0 Å². The first kappa shape index (κ1) is 15.3. The van der Waals surface area contributed by atoms with Crippen molar-refractivity contribution >= 4 is 12.4 Å². The van der Waals surface area contributed by atoms with E-state index in [1.165, 1.54) is 16.7 Å². The summed E-state index contributed by atoms with van der Waals surface area (Å²) in [6, 6.07) is 4.55. The zero-order chi connectivity index (χ0) is 11.4. The summed E-state index contributed by atoms with van der Waals surface area (Å²) in [5.41, 5.74) is 9.49. The van der Waals surface area contributed by atoms with Crippen molar-refractivity contribution in [3.8, 4) is 5.75 Å². The molecular formula is C13H22ClNO. The number of rotatable bonds is 4. The van der Waals surface area contributed by atoms with Crippen molar-refractivity contribution in [3.63, 3.8) is 0 Å². The average Bonchev–Trinajstić information content (AvgIpc) is 2.10. The molecule has 1 aromatic carbocycles. The summed E-state index contributed by atoms with van der Waals surface area (Å²) < 4.78 is 5.60. The van der Waals surface area contributed by atoms with Gasteiger partial charge in [-0.05, 0) is 50.8 Å². The second kappa shape index (κ2) is 6.77. The number of ether oxygens (including phenoxy) is 1. The van der Waals surface area contributed by atoms with E-state index in [1.807, 2.05) is 13.8 Å². The van der Waals surface area contributed by atoms with Crippen molar-refractivity contribution in [1.29, 1.82) is 0 Å². The molecule has 0 aliphatic heterocycles. The standard InChI is InChI=1S/C13H21NO.ClH/c1-5-15-13-9(2)6-12(7-10(13)3)8-11(4)14;/h6-7,11H,5,8,14H2,1-4H3;1H. The molecule has 0 fully saturated rings. The van der Waals surface area contributed by atoms with Crippen molar-refractivity contribution in [2.75, 3.05) is 6.61 Å². The van der Waals surface area contributed by atoms with Gasteiger partial charge in [-0.3, -0.25) is 0 Å². The van der Waals surface area contributed by atoms with E-state index >= 15 is 0 Å². The van der Waals surface area contributed by atoms with Crippen molar-refractivity contribution in [2.45, 2.75) is 40.2 Å². The van der Waals surface area contributed by atoms with Gasteiger partial charge in [0, 0.05) is 6.04 Å². The first-order chi connectivity index (χ1) is 7.04. The molecule has 1 rings (SSSR count). The van der Waals surface area contributed by atoms with Gasteiger partial charge in [0.15, 0.2) is 0 Å². The molecule has 2 N–H and O–H groups in total. The smallest absolute Gasteiger partial charge is 0.125 e. The highest BCUT2D eigenvalue weighted by Gasteiger charge is 2.06. The van der Waals surface area contributed by atoms with Crippen LogP contribution in [0.1, 0.15) is 30.5 Å². The van der Waals surface area contributed by atoms with Gasteiger partial charge in [0.25, 0.3) is 0 Å². The molecule has 0 saturated carbocycles. The second-order valence-corrected chi connectivity index (χ2v) is 4.17. The van der Waals surface area contributed by atoms with Crippen molar-refractivity contribution in [1.82, 2.24) is 0 Å². The van der Waals surface area contributed by atoms with E-state index in [-0.39, 0.29) is 18.4 Å². The topological polar surface area (TPSA) is 35.2 Å². The molecule has 0 spiro atoms. The van der Waals surface area contributed by atoms with Gasteiger partial charge in [0.05, 0.1) is 6.61 Å². The SMILES string of the molecule is CCOc1c(C)cc(CC(C)N)cc1C.Cl. The predicted molar refractivity (Wildman–Crippen MR) is 71.7 cm³/mol. The fourth-order valence-electron chi connectivity index (χ4n) is 1.90. The normalized spacial score (nSPS) is 11.8. The fraction of sp³-hybridized carbons (Fsp3) is 0.538. The lowest BCUT2D eigenvalue weighted by Gasteiger charge is -2.13.